The van der Waals surface area contributed by atoms with Crippen molar-refractivity contribution in [1.29, 1.82) is 0 Å². The zero-order chi connectivity index (χ0) is 14.3. The highest BCUT2D eigenvalue weighted by Crippen LogP contribution is 2.25. The van der Waals surface area contributed by atoms with Gasteiger partial charge in [0.15, 0.2) is 0 Å². The Hall–Kier alpha value is -0.870. The summed E-state index contributed by atoms with van der Waals surface area (Å²) in [6, 6.07) is 0. The number of hydrogen-bond donors (Lipinski definition) is 2. The Balaban J connectivity index is 2.69. The molecule has 0 saturated heterocycles. The van der Waals surface area contributed by atoms with E-state index in [1.165, 1.54) is 6.33 Å². The quantitative estimate of drug-likeness (QED) is 0.720. The van der Waals surface area contributed by atoms with Crippen molar-refractivity contribution in [3.63, 3.8) is 0 Å². The van der Waals surface area contributed by atoms with E-state index in [0.717, 1.165) is 43.6 Å². The Bertz CT molecular complexity index is 396. The van der Waals surface area contributed by atoms with Gasteiger partial charge in [0.25, 0.3) is 0 Å². The first-order valence-corrected chi connectivity index (χ1v) is 7.22. The van der Waals surface area contributed by atoms with Crippen LogP contribution >= 0.6 is 11.6 Å². The number of nitrogens with one attached hydrogen (secondary N) is 1. The molecule has 19 heavy (non-hydrogen) atoms. The molecule has 108 valence electrons. The topological polar surface area (TPSA) is 58.0 Å². The molecule has 0 saturated carbocycles. The van der Waals surface area contributed by atoms with Gasteiger partial charge in [0.05, 0.1) is 0 Å². The molecule has 0 aromatic carbocycles. The molecule has 0 amide bonds. The minimum Gasteiger partial charge on any atom is -0.396 e. The molecule has 0 spiro atoms. The molecule has 0 atom stereocenters. The third kappa shape index (κ3) is 5.33. The lowest BCUT2D eigenvalue weighted by Crippen LogP contribution is -2.24. The van der Waals surface area contributed by atoms with Crippen LogP contribution in [-0.2, 0) is 6.42 Å². The summed E-state index contributed by atoms with van der Waals surface area (Å²) in [7, 11) is 0. The molecule has 2 N–H and O–H groups in total. The molecule has 0 aliphatic rings. The SMILES string of the molecule is CCCc1c(Cl)ncnc1NCC(C)(C)CCCO. The van der Waals surface area contributed by atoms with Gasteiger partial charge in [-0.1, -0.05) is 38.8 Å². The van der Waals surface area contributed by atoms with Gasteiger partial charge in [-0.05, 0) is 24.7 Å². The molecule has 0 unspecified atom stereocenters. The van der Waals surface area contributed by atoms with Crippen LogP contribution in [0, 0.1) is 5.41 Å². The number of halogens is 1. The molecule has 0 radical (unpaired) electrons. The van der Waals surface area contributed by atoms with Gasteiger partial charge < -0.3 is 10.4 Å². The van der Waals surface area contributed by atoms with Gasteiger partial charge >= 0.3 is 0 Å². The lowest BCUT2D eigenvalue weighted by atomic mass is 9.88. The number of aliphatic hydroxyl groups is 1. The smallest absolute Gasteiger partial charge is 0.137 e. The number of anilines is 1. The molecule has 0 bridgehead atoms. The summed E-state index contributed by atoms with van der Waals surface area (Å²) in [6.07, 6.45) is 5.17. The summed E-state index contributed by atoms with van der Waals surface area (Å²) in [5.74, 6) is 0.832. The predicted octanol–water partition coefficient (Wildman–Crippen LogP) is 3.29. The van der Waals surface area contributed by atoms with Gasteiger partial charge in [-0.3, -0.25) is 0 Å². The second kappa shape index (κ2) is 7.65. The number of aliphatic hydroxyl groups excluding tert-OH is 1. The van der Waals surface area contributed by atoms with E-state index in [4.69, 9.17) is 16.7 Å². The summed E-state index contributed by atoms with van der Waals surface area (Å²) < 4.78 is 0. The molecule has 1 rings (SSSR count). The van der Waals surface area contributed by atoms with E-state index >= 15 is 0 Å². The van der Waals surface area contributed by atoms with Crippen molar-refractivity contribution in [3.05, 3.63) is 17.0 Å². The minimum absolute atomic E-state index is 0.115. The lowest BCUT2D eigenvalue weighted by molar-refractivity contribution is 0.248. The maximum Gasteiger partial charge on any atom is 0.137 e. The molecule has 1 aromatic rings. The minimum atomic E-state index is 0.115. The summed E-state index contributed by atoms with van der Waals surface area (Å²) in [5, 5.41) is 12.8. The van der Waals surface area contributed by atoms with Crippen LogP contribution in [0.1, 0.15) is 45.6 Å². The van der Waals surface area contributed by atoms with Crippen LogP contribution in [0.3, 0.4) is 0 Å². The first kappa shape index (κ1) is 16.2. The molecule has 0 aliphatic carbocycles. The van der Waals surface area contributed by atoms with Crippen LogP contribution in [0.2, 0.25) is 5.15 Å². The number of aromatic nitrogens is 2. The second-order valence-electron chi connectivity index (χ2n) is 5.59. The Morgan fingerprint density at radius 3 is 2.74 bits per heavy atom. The van der Waals surface area contributed by atoms with E-state index in [-0.39, 0.29) is 12.0 Å². The van der Waals surface area contributed by atoms with Crippen molar-refractivity contribution >= 4 is 17.4 Å². The van der Waals surface area contributed by atoms with Gasteiger partial charge in [0, 0.05) is 18.7 Å². The number of rotatable bonds is 8. The molecule has 1 aromatic heterocycles. The van der Waals surface area contributed by atoms with Gasteiger partial charge in [0.2, 0.25) is 0 Å². The van der Waals surface area contributed by atoms with E-state index in [0.29, 0.717) is 5.15 Å². The van der Waals surface area contributed by atoms with E-state index in [9.17, 15) is 0 Å². The lowest BCUT2D eigenvalue weighted by Gasteiger charge is -2.25. The molecule has 4 nitrogen and oxygen atoms in total. The highest BCUT2D eigenvalue weighted by molar-refractivity contribution is 6.30. The molecule has 5 heteroatoms. The first-order valence-electron chi connectivity index (χ1n) is 6.84. The van der Waals surface area contributed by atoms with Crippen molar-refractivity contribution in [3.8, 4) is 0 Å². The summed E-state index contributed by atoms with van der Waals surface area (Å²) >= 11 is 6.12. The van der Waals surface area contributed by atoms with Crippen LogP contribution in [0.5, 0.6) is 0 Å². The Kier molecular flexibility index (Phi) is 6.52. The summed E-state index contributed by atoms with van der Waals surface area (Å²) in [4.78, 5) is 8.32. The number of hydrogen-bond acceptors (Lipinski definition) is 4. The molecular weight excluding hydrogens is 262 g/mol. The third-order valence-corrected chi connectivity index (χ3v) is 3.46. The standard InChI is InChI=1S/C14H24ClN3O/c1-4-6-11-12(15)17-10-18-13(11)16-9-14(2,3)7-5-8-19/h10,19H,4-9H2,1-3H3,(H,16,17,18). The molecular formula is C14H24ClN3O. The Labute approximate surface area is 120 Å². The van der Waals surface area contributed by atoms with Crippen LogP contribution in [0.25, 0.3) is 0 Å². The zero-order valence-corrected chi connectivity index (χ0v) is 12.8. The molecule has 0 fully saturated rings. The fraction of sp³-hybridized carbons (Fsp3) is 0.714. The van der Waals surface area contributed by atoms with Crippen molar-refractivity contribution < 1.29 is 5.11 Å². The van der Waals surface area contributed by atoms with Crippen LogP contribution in [0.15, 0.2) is 6.33 Å². The van der Waals surface area contributed by atoms with Crippen molar-refractivity contribution in [2.45, 2.75) is 46.5 Å². The highest BCUT2D eigenvalue weighted by Gasteiger charge is 2.18. The summed E-state index contributed by atoms with van der Waals surface area (Å²) in [5.41, 5.74) is 1.11. The summed E-state index contributed by atoms with van der Waals surface area (Å²) in [6.45, 7) is 7.51. The fourth-order valence-corrected chi connectivity index (χ4v) is 2.21. The number of nitrogens with zero attached hydrogens (tertiary/aromatic N) is 2. The zero-order valence-electron chi connectivity index (χ0n) is 12.0. The third-order valence-electron chi connectivity index (χ3n) is 3.14. The normalized spacial score (nSPS) is 11.6. The first-order chi connectivity index (χ1) is 9.00. The van der Waals surface area contributed by atoms with E-state index < -0.39 is 0 Å². The monoisotopic (exact) mass is 285 g/mol. The van der Waals surface area contributed by atoms with Crippen molar-refractivity contribution in [2.75, 3.05) is 18.5 Å². The maximum absolute atomic E-state index is 8.91. The molecule has 0 aliphatic heterocycles. The Morgan fingerprint density at radius 1 is 1.37 bits per heavy atom. The van der Waals surface area contributed by atoms with Crippen molar-refractivity contribution in [2.24, 2.45) is 5.41 Å². The highest BCUT2D eigenvalue weighted by atomic mass is 35.5. The van der Waals surface area contributed by atoms with Crippen molar-refractivity contribution in [1.82, 2.24) is 9.97 Å². The van der Waals surface area contributed by atoms with E-state index in [1.807, 2.05) is 0 Å². The van der Waals surface area contributed by atoms with Crippen LogP contribution < -0.4 is 5.32 Å². The maximum atomic E-state index is 8.91. The van der Waals surface area contributed by atoms with Gasteiger partial charge in [-0.25, -0.2) is 9.97 Å². The largest absolute Gasteiger partial charge is 0.396 e. The van der Waals surface area contributed by atoms with Gasteiger partial charge in [0.1, 0.15) is 17.3 Å². The molecule has 1 heterocycles. The Morgan fingerprint density at radius 2 is 2.11 bits per heavy atom. The fourth-order valence-electron chi connectivity index (χ4n) is 1.98. The second-order valence-corrected chi connectivity index (χ2v) is 5.94. The average molecular weight is 286 g/mol. The van der Waals surface area contributed by atoms with Crippen LogP contribution in [0.4, 0.5) is 5.82 Å². The van der Waals surface area contributed by atoms with Crippen LogP contribution in [-0.4, -0.2) is 28.2 Å². The average Bonchev–Trinajstić information content (AvgIpc) is 2.37. The van der Waals surface area contributed by atoms with Gasteiger partial charge in [-0.2, -0.15) is 0 Å². The van der Waals surface area contributed by atoms with E-state index in [2.05, 4.69) is 36.1 Å². The van der Waals surface area contributed by atoms with Gasteiger partial charge in [-0.15, -0.1) is 0 Å². The van der Waals surface area contributed by atoms with E-state index in [1.54, 1.807) is 0 Å². The predicted molar refractivity (Wildman–Crippen MR) is 79.6 cm³/mol.